The molecule has 0 heterocycles. The van der Waals surface area contributed by atoms with Gasteiger partial charge in [-0.15, -0.1) is 0 Å². The van der Waals surface area contributed by atoms with Crippen molar-refractivity contribution in [3.63, 3.8) is 0 Å². The summed E-state index contributed by atoms with van der Waals surface area (Å²) in [4.78, 5) is 10.8. The first-order chi connectivity index (χ1) is 9.06. The molecule has 0 radical (unpaired) electrons. The molecule has 0 saturated heterocycles. The molecule has 2 rings (SSSR count). The lowest BCUT2D eigenvalue weighted by molar-refractivity contribution is 0.0697. The molecule has 1 aromatic carbocycles. The molecule has 2 N–H and O–H groups in total. The number of aromatic carboxylic acids is 1. The fourth-order valence-corrected chi connectivity index (χ4v) is 2.83. The number of carboxylic acid groups (broad SMARTS) is 1. The van der Waals surface area contributed by atoms with E-state index in [4.69, 9.17) is 16.7 Å². The van der Waals surface area contributed by atoms with Crippen LogP contribution in [0, 0.1) is 11.8 Å². The average Bonchev–Trinajstić information content (AvgIpc) is 2.39. The Morgan fingerprint density at radius 3 is 2.63 bits per heavy atom. The molecule has 1 aliphatic carbocycles. The molecule has 0 bridgehead atoms. The summed E-state index contributed by atoms with van der Waals surface area (Å²) < 4.78 is 0. The summed E-state index contributed by atoms with van der Waals surface area (Å²) in [5.41, 5.74) is 1.05. The second kappa shape index (κ2) is 6.29. The van der Waals surface area contributed by atoms with Gasteiger partial charge in [0, 0.05) is 6.54 Å². The van der Waals surface area contributed by atoms with Crippen molar-refractivity contribution in [2.75, 3.05) is 11.9 Å². The average molecular weight is 282 g/mol. The van der Waals surface area contributed by atoms with Crippen LogP contribution >= 0.6 is 11.6 Å². The SMILES string of the molecule is CC1CCC(CNc2ccc(C(=O)O)cc2Cl)CC1. The van der Waals surface area contributed by atoms with E-state index >= 15 is 0 Å². The lowest BCUT2D eigenvalue weighted by Gasteiger charge is -2.26. The molecule has 1 fully saturated rings. The van der Waals surface area contributed by atoms with Gasteiger partial charge in [-0.05, 0) is 42.9 Å². The number of hydrogen-bond acceptors (Lipinski definition) is 2. The van der Waals surface area contributed by atoms with Gasteiger partial charge in [-0.1, -0.05) is 31.4 Å². The van der Waals surface area contributed by atoms with E-state index < -0.39 is 5.97 Å². The Morgan fingerprint density at radius 2 is 2.05 bits per heavy atom. The largest absolute Gasteiger partial charge is 0.478 e. The third-order valence-corrected chi connectivity index (χ3v) is 4.25. The van der Waals surface area contributed by atoms with E-state index in [1.165, 1.54) is 31.7 Å². The zero-order chi connectivity index (χ0) is 13.8. The zero-order valence-electron chi connectivity index (χ0n) is 11.2. The highest BCUT2D eigenvalue weighted by Crippen LogP contribution is 2.29. The molecule has 0 atom stereocenters. The molecule has 0 spiro atoms. The third kappa shape index (κ3) is 3.87. The predicted octanol–water partition coefficient (Wildman–Crippen LogP) is 4.28. The Bertz CT molecular complexity index is 453. The van der Waals surface area contributed by atoms with Crippen LogP contribution in [-0.4, -0.2) is 17.6 Å². The Morgan fingerprint density at radius 1 is 1.37 bits per heavy atom. The summed E-state index contributed by atoms with van der Waals surface area (Å²) >= 11 is 6.09. The van der Waals surface area contributed by atoms with Gasteiger partial charge >= 0.3 is 5.97 Å². The molecule has 0 amide bonds. The van der Waals surface area contributed by atoms with Crippen LogP contribution in [-0.2, 0) is 0 Å². The molecule has 104 valence electrons. The maximum atomic E-state index is 10.8. The highest BCUT2D eigenvalue weighted by molar-refractivity contribution is 6.33. The van der Waals surface area contributed by atoms with Crippen molar-refractivity contribution in [3.05, 3.63) is 28.8 Å². The van der Waals surface area contributed by atoms with Crippen molar-refractivity contribution in [2.45, 2.75) is 32.6 Å². The number of hydrogen-bond donors (Lipinski definition) is 2. The summed E-state index contributed by atoms with van der Waals surface area (Å²) in [6, 6.07) is 4.83. The van der Waals surface area contributed by atoms with Gasteiger partial charge in [0.25, 0.3) is 0 Å². The van der Waals surface area contributed by atoms with Crippen LogP contribution in [0.3, 0.4) is 0 Å². The minimum atomic E-state index is -0.949. The smallest absolute Gasteiger partial charge is 0.335 e. The first kappa shape index (κ1) is 14.2. The van der Waals surface area contributed by atoms with Crippen LogP contribution in [0.2, 0.25) is 5.02 Å². The summed E-state index contributed by atoms with van der Waals surface area (Å²) in [5.74, 6) is 0.607. The van der Waals surface area contributed by atoms with E-state index in [1.807, 2.05) is 0 Å². The minimum absolute atomic E-state index is 0.224. The summed E-state index contributed by atoms with van der Waals surface area (Å²) in [7, 11) is 0. The van der Waals surface area contributed by atoms with Gasteiger partial charge in [-0.25, -0.2) is 4.79 Å². The Hall–Kier alpha value is -1.22. The highest BCUT2D eigenvalue weighted by Gasteiger charge is 2.18. The maximum absolute atomic E-state index is 10.8. The van der Waals surface area contributed by atoms with Gasteiger partial charge < -0.3 is 10.4 Å². The van der Waals surface area contributed by atoms with Crippen LogP contribution in [0.4, 0.5) is 5.69 Å². The van der Waals surface area contributed by atoms with Crippen LogP contribution in [0.15, 0.2) is 18.2 Å². The maximum Gasteiger partial charge on any atom is 0.335 e. The van der Waals surface area contributed by atoms with E-state index in [-0.39, 0.29) is 5.56 Å². The van der Waals surface area contributed by atoms with Crippen molar-refractivity contribution in [2.24, 2.45) is 11.8 Å². The highest BCUT2D eigenvalue weighted by atomic mass is 35.5. The number of benzene rings is 1. The normalized spacial score (nSPS) is 23.1. The molecule has 1 aromatic rings. The number of carbonyl (C=O) groups is 1. The number of rotatable bonds is 4. The summed E-state index contributed by atoms with van der Waals surface area (Å²) in [5, 5.41) is 12.7. The number of carboxylic acids is 1. The van der Waals surface area contributed by atoms with Crippen LogP contribution in [0.5, 0.6) is 0 Å². The molecule has 1 saturated carbocycles. The standard InChI is InChI=1S/C15H20ClNO2/c1-10-2-4-11(5-3-10)9-17-14-7-6-12(15(18)19)8-13(14)16/h6-8,10-11,17H,2-5,9H2,1H3,(H,18,19). The van der Waals surface area contributed by atoms with Crippen LogP contribution in [0.25, 0.3) is 0 Å². The van der Waals surface area contributed by atoms with E-state index in [0.717, 1.165) is 18.2 Å². The number of nitrogens with one attached hydrogen (secondary N) is 1. The zero-order valence-corrected chi connectivity index (χ0v) is 11.9. The molecule has 4 heteroatoms. The van der Waals surface area contributed by atoms with Gasteiger partial charge in [0.1, 0.15) is 0 Å². The van der Waals surface area contributed by atoms with E-state index in [2.05, 4.69) is 12.2 Å². The molecule has 3 nitrogen and oxygen atoms in total. The molecule has 0 aromatic heterocycles. The fourth-order valence-electron chi connectivity index (χ4n) is 2.58. The number of halogens is 1. The second-order valence-electron chi connectivity index (χ2n) is 5.51. The quantitative estimate of drug-likeness (QED) is 0.866. The Labute approximate surface area is 119 Å². The summed E-state index contributed by atoms with van der Waals surface area (Å²) in [6.45, 7) is 3.23. The minimum Gasteiger partial charge on any atom is -0.478 e. The third-order valence-electron chi connectivity index (χ3n) is 3.93. The Kier molecular flexibility index (Phi) is 4.70. The van der Waals surface area contributed by atoms with Gasteiger partial charge in [-0.3, -0.25) is 0 Å². The monoisotopic (exact) mass is 281 g/mol. The van der Waals surface area contributed by atoms with Crippen molar-refractivity contribution in [1.29, 1.82) is 0 Å². The molecule has 1 aliphatic rings. The fraction of sp³-hybridized carbons (Fsp3) is 0.533. The molecule has 0 aliphatic heterocycles. The summed E-state index contributed by atoms with van der Waals surface area (Å²) in [6.07, 6.45) is 5.13. The molecular formula is C15H20ClNO2. The first-order valence-electron chi connectivity index (χ1n) is 6.83. The van der Waals surface area contributed by atoms with E-state index in [0.29, 0.717) is 10.9 Å². The lowest BCUT2D eigenvalue weighted by atomic mass is 9.83. The van der Waals surface area contributed by atoms with Crippen LogP contribution < -0.4 is 5.32 Å². The molecule has 0 unspecified atom stereocenters. The van der Waals surface area contributed by atoms with Crippen LogP contribution in [0.1, 0.15) is 43.0 Å². The number of anilines is 1. The van der Waals surface area contributed by atoms with Gasteiger partial charge in [0.05, 0.1) is 16.3 Å². The van der Waals surface area contributed by atoms with Crippen molar-refractivity contribution >= 4 is 23.3 Å². The van der Waals surface area contributed by atoms with Gasteiger partial charge in [0.2, 0.25) is 0 Å². The van der Waals surface area contributed by atoms with Crippen molar-refractivity contribution < 1.29 is 9.90 Å². The first-order valence-corrected chi connectivity index (χ1v) is 7.20. The van der Waals surface area contributed by atoms with E-state index in [9.17, 15) is 4.79 Å². The lowest BCUT2D eigenvalue weighted by Crippen LogP contribution is -2.20. The van der Waals surface area contributed by atoms with E-state index in [1.54, 1.807) is 12.1 Å². The topological polar surface area (TPSA) is 49.3 Å². The Balaban J connectivity index is 1.91. The molecular weight excluding hydrogens is 262 g/mol. The molecule has 19 heavy (non-hydrogen) atoms. The van der Waals surface area contributed by atoms with Crippen molar-refractivity contribution in [1.82, 2.24) is 0 Å². The second-order valence-corrected chi connectivity index (χ2v) is 5.91. The van der Waals surface area contributed by atoms with Gasteiger partial charge in [-0.2, -0.15) is 0 Å². The predicted molar refractivity (Wildman–Crippen MR) is 78.0 cm³/mol. The van der Waals surface area contributed by atoms with Gasteiger partial charge in [0.15, 0.2) is 0 Å². The van der Waals surface area contributed by atoms with Crippen molar-refractivity contribution in [3.8, 4) is 0 Å².